The fourth-order valence-corrected chi connectivity index (χ4v) is 3.80. The van der Waals surface area contributed by atoms with E-state index in [1.54, 1.807) is 11.7 Å². The minimum absolute atomic E-state index is 0.333. The van der Waals surface area contributed by atoms with Crippen molar-refractivity contribution < 1.29 is 13.9 Å². The number of hydrogen-bond acceptors (Lipinski definition) is 5. The van der Waals surface area contributed by atoms with Gasteiger partial charge in [-0.05, 0) is 42.0 Å². The Balaban J connectivity index is 0.00000133. The molecule has 0 amide bonds. The normalized spacial score (nSPS) is 10.8. The third kappa shape index (κ3) is 4.72. The van der Waals surface area contributed by atoms with Crippen LogP contribution in [0.2, 0.25) is 0 Å². The van der Waals surface area contributed by atoms with Gasteiger partial charge in [0.2, 0.25) is 0 Å². The van der Waals surface area contributed by atoms with Crippen molar-refractivity contribution >= 4 is 22.1 Å². The molecule has 5 aromatic rings. The average Bonchev–Trinajstić information content (AvgIpc) is 3.28. The molecule has 0 unspecified atom stereocenters. The molecule has 0 N–H and O–H groups in total. The van der Waals surface area contributed by atoms with Crippen molar-refractivity contribution in [2.75, 3.05) is 13.7 Å². The Labute approximate surface area is 198 Å². The van der Waals surface area contributed by atoms with Gasteiger partial charge < -0.3 is 13.9 Å². The van der Waals surface area contributed by atoms with Gasteiger partial charge in [-0.15, -0.1) is 0 Å². The van der Waals surface area contributed by atoms with Crippen LogP contribution in [0.25, 0.3) is 33.3 Å². The molecule has 174 valence electrons. The molecule has 0 saturated heterocycles. The van der Waals surface area contributed by atoms with E-state index in [0.29, 0.717) is 36.6 Å². The van der Waals surface area contributed by atoms with Gasteiger partial charge in [0.1, 0.15) is 29.2 Å². The highest BCUT2D eigenvalue weighted by Gasteiger charge is 2.19. The molecule has 6 heteroatoms. The fraction of sp³-hybridized carbons (Fsp3) is 0.214. The van der Waals surface area contributed by atoms with E-state index in [1.165, 1.54) is 0 Å². The standard InChI is InChI=1S/C26H22N2O4.C2H6/c1-30-16-15-28-24-21-9-5-6-10-22(21)32-25(24)23(27-26(28)29)19-11-13-20(14-12-19)31-17-18-7-3-2-4-8-18;1-2/h2-14H,15-17H2,1H3;1-2H3. The Morgan fingerprint density at radius 2 is 1.62 bits per heavy atom. The third-order valence-electron chi connectivity index (χ3n) is 5.39. The van der Waals surface area contributed by atoms with Gasteiger partial charge in [-0.3, -0.25) is 4.57 Å². The van der Waals surface area contributed by atoms with E-state index >= 15 is 0 Å². The quantitative estimate of drug-likeness (QED) is 0.298. The number of benzene rings is 3. The van der Waals surface area contributed by atoms with Gasteiger partial charge in [0, 0.05) is 18.1 Å². The van der Waals surface area contributed by atoms with Gasteiger partial charge in [-0.2, -0.15) is 4.98 Å². The van der Waals surface area contributed by atoms with Crippen LogP contribution in [-0.2, 0) is 17.9 Å². The summed E-state index contributed by atoms with van der Waals surface area (Å²) in [5.74, 6) is 0.742. The van der Waals surface area contributed by atoms with Crippen LogP contribution in [0.5, 0.6) is 5.75 Å². The number of para-hydroxylation sites is 1. The maximum Gasteiger partial charge on any atom is 0.348 e. The number of rotatable bonds is 7. The van der Waals surface area contributed by atoms with Gasteiger partial charge in [0.05, 0.1) is 13.2 Å². The van der Waals surface area contributed by atoms with Gasteiger partial charge in [0.25, 0.3) is 0 Å². The molecule has 0 aliphatic carbocycles. The number of aromatic nitrogens is 2. The summed E-state index contributed by atoms with van der Waals surface area (Å²) in [4.78, 5) is 17.3. The van der Waals surface area contributed by atoms with Crippen molar-refractivity contribution in [3.63, 3.8) is 0 Å². The molecule has 0 radical (unpaired) electrons. The van der Waals surface area contributed by atoms with Crippen LogP contribution in [0, 0.1) is 0 Å². The second-order valence-corrected chi connectivity index (χ2v) is 7.46. The lowest BCUT2D eigenvalue weighted by Gasteiger charge is -2.10. The SMILES string of the molecule is CC.COCCn1c(=O)nc(-c2ccc(OCc3ccccc3)cc2)c2oc3ccccc3c21. The maximum absolute atomic E-state index is 12.9. The summed E-state index contributed by atoms with van der Waals surface area (Å²) < 4.78 is 18.8. The van der Waals surface area contributed by atoms with E-state index in [9.17, 15) is 4.79 Å². The van der Waals surface area contributed by atoms with Crippen LogP contribution in [0.1, 0.15) is 19.4 Å². The predicted octanol–water partition coefficient (Wildman–Crippen LogP) is 6.06. The lowest BCUT2D eigenvalue weighted by Crippen LogP contribution is -2.25. The summed E-state index contributed by atoms with van der Waals surface area (Å²) in [6, 6.07) is 25.2. The number of hydrogen-bond donors (Lipinski definition) is 0. The van der Waals surface area contributed by atoms with Crippen molar-refractivity contribution in [3.8, 4) is 17.0 Å². The minimum Gasteiger partial charge on any atom is -0.489 e. The van der Waals surface area contributed by atoms with Crippen molar-refractivity contribution in [3.05, 3.63) is 94.9 Å². The first-order chi connectivity index (χ1) is 16.7. The minimum atomic E-state index is -0.333. The second-order valence-electron chi connectivity index (χ2n) is 7.46. The Morgan fingerprint density at radius 1 is 0.912 bits per heavy atom. The molecule has 34 heavy (non-hydrogen) atoms. The summed E-state index contributed by atoms with van der Waals surface area (Å²) in [7, 11) is 1.61. The molecule has 0 atom stereocenters. The lowest BCUT2D eigenvalue weighted by molar-refractivity contribution is 0.187. The van der Waals surface area contributed by atoms with Crippen LogP contribution < -0.4 is 10.4 Å². The smallest absolute Gasteiger partial charge is 0.348 e. The number of furan rings is 1. The van der Waals surface area contributed by atoms with Gasteiger partial charge in [-0.1, -0.05) is 56.3 Å². The summed E-state index contributed by atoms with van der Waals surface area (Å²) in [6.07, 6.45) is 0. The molecule has 0 aliphatic rings. The van der Waals surface area contributed by atoms with Crippen molar-refractivity contribution in [2.45, 2.75) is 27.0 Å². The van der Waals surface area contributed by atoms with E-state index in [4.69, 9.17) is 13.9 Å². The Morgan fingerprint density at radius 3 is 2.35 bits per heavy atom. The monoisotopic (exact) mass is 456 g/mol. The Hall–Kier alpha value is -3.90. The van der Waals surface area contributed by atoms with Crippen molar-refractivity contribution in [1.29, 1.82) is 0 Å². The topological polar surface area (TPSA) is 66.5 Å². The number of ether oxygens (including phenoxy) is 2. The molecular formula is C28H28N2O4. The molecule has 2 heterocycles. The zero-order chi connectivity index (χ0) is 23.9. The highest BCUT2D eigenvalue weighted by molar-refractivity contribution is 6.06. The van der Waals surface area contributed by atoms with E-state index < -0.39 is 0 Å². The third-order valence-corrected chi connectivity index (χ3v) is 5.39. The maximum atomic E-state index is 12.9. The van der Waals surface area contributed by atoms with E-state index in [0.717, 1.165) is 27.8 Å². The number of fused-ring (bicyclic) bond motifs is 3. The molecule has 0 spiro atoms. The lowest BCUT2D eigenvalue weighted by atomic mass is 10.1. The highest BCUT2D eigenvalue weighted by atomic mass is 16.5. The second kappa shape index (κ2) is 10.8. The number of nitrogens with zero attached hydrogens (tertiary/aromatic N) is 2. The largest absolute Gasteiger partial charge is 0.489 e. The van der Waals surface area contributed by atoms with Gasteiger partial charge in [0.15, 0.2) is 5.58 Å². The summed E-state index contributed by atoms with van der Waals surface area (Å²) >= 11 is 0. The van der Waals surface area contributed by atoms with Crippen molar-refractivity contribution in [2.24, 2.45) is 0 Å². The van der Waals surface area contributed by atoms with Gasteiger partial charge >= 0.3 is 5.69 Å². The first-order valence-corrected chi connectivity index (χ1v) is 11.4. The zero-order valence-electron chi connectivity index (χ0n) is 19.7. The molecule has 6 nitrogen and oxygen atoms in total. The first kappa shape index (κ1) is 23.3. The van der Waals surface area contributed by atoms with Gasteiger partial charge in [-0.25, -0.2) is 4.79 Å². The average molecular weight is 457 g/mol. The zero-order valence-corrected chi connectivity index (χ0v) is 19.7. The molecule has 3 aromatic carbocycles. The molecule has 0 aliphatic heterocycles. The molecule has 5 rings (SSSR count). The van der Waals surface area contributed by atoms with Crippen molar-refractivity contribution in [1.82, 2.24) is 9.55 Å². The Kier molecular flexibility index (Phi) is 7.40. The molecule has 2 aromatic heterocycles. The van der Waals surface area contributed by atoms with Crippen LogP contribution in [0.15, 0.2) is 88.1 Å². The van der Waals surface area contributed by atoms with E-state index in [1.807, 2.05) is 92.7 Å². The molecule has 0 fully saturated rings. The predicted molar refractivity (Wildman–Crippen MR) is 135 cm³/mol. The summed E-state index contributed by atoms with van der Waals surface area (Å²) in [5, 5.41) is 0.877. The number of methoxy groups -OCH3 is 1. The van der Waals surface area contributed by atoms with Crippen LogP contribution >= 0.6 is 0 Å². The van der Waals surface area contributed by atoms with Crippen LogP contribution in [-0.4, -0.2) is 23.3 Å². The summed E-state index contributed by atoms with van der Waals surface area (Å²) in [6.45, 7) is 5.29. The molecule has 0 saturated carbocycles. The summed E-state index contributed by atoms with van der Waals surface area (Å²) in [5.41, 5.74) is 4.10. The molecule has 0 bridgehead atoms. The first-order valence-electron chi connectivity index (χ1n) is 11.4. The van der Waals surface area contributed by atoms with Crippen LogP contribution in [0.3, 0.4) is 0 Å². The van der Waals surface area contributed by atoms with E-state index in [-0.39, 0.29) is 5.69 Å². The van der Waals surface area contributed by atoms with Crippen LogP contribution in [0.4, 0.5) is 0 Å². The van der Waals surface area contributed by atoms with E-state index in [2.05, 4.69) is 4.98 Å². The highest BCUT2D eigenvalue weighted by Crippen LogP contribution is 2.34. The Bertz CT molecular complexity index is 1420. The molecular weight excluding hydrogens is 428 g/mol. The fourth-order valence-electron chi connectivity index (χ4n) is 3.80.